The fraction of sp³-hybridized carbons (Fsp3) is 0.364. The van der Waals surface area contributed by atoms with Gasteiger partial charge in [-0.2, -0.15) is 0 Å². The highest BCUT2D eigenvalue weighted by Gasteiger charge is 2.29. The van der Waals surface area contributed by atoms with Gasteiger partial charge < -0.3 is 29.1 Å². The van der Waals surface area contributed by atoms with Gasteiger partial charge in [0, 0.05) is 18.5 Å². The highest BCUT2D eigenvalue weighted by molar-refractivity contribution is 6.04. The minimum absolute atomic E-state index is 0.199. The van der Waals surface area contributed by atoms with E-state index in [1.54, 1.807) is 34.5 Å². The van der Waals surface area contributed by atoms with Crippen LogP contribution in [0, 0.1) is 0 Å². The predicted molar refractivity (Wildman–Crippen MR) is 112 cm³/mol. The summed E-state index contributed by atoms with van der Waals surface area (Å²) in [5, 5.41) is 6.97. The number of nitrogens with one attached hydrogen (secondary N) is 1. The average molecular weight is 414 g/mol. The molecule has 0 fully saturated rings. The summed E-state index contributed by atoms with van der Waals surface area (Å²) < 4.78 is 21.1. The molecule has 0 aromatic heterocycles. The van der Waals surface area contributed by atoms with E-state index in [1.165, 1.54) is 0 Å². The standard InChI is InChI=1S/C22H26N2O6/c1-26-17-7-5-14(11-19(17)28-3)9-10-23-22(25)21-13-16(24-30-21)15-6-8-18(27-2)20(12-15)29-4/h5-8,11-12,21H,9-10,13H2,1-4H3,(H,23,25)/t21-/m1/s1. The van der Waals surface area contributed by atoms with Gasteiger partial charge in [-0.1, -0.05) is 11.2 Å². The molecule has 0 spiro atoms. The van der Waals surface area contributed by atoms with Crippen LogP contribution in [0.15, 0.2) is 41.6 Å². The van der Waals surface area contributed by atoms with Crippen LogP contribution < -0.4 is 24.3 Å². The van der Waals surface area contributed by atoms with Crippen LogP contribution in [0.25, 0.3) is 0 Å². The Kier molecular flexibility index (Phi) is 7.00. The summed E-state index contributed by atoms with van der Waals surface area (Å²) in [5.74, 6) is 2.36. The minimum Gasteiger partial charge on any atom is -0.493 e. The van der Waals surface area contributed by atoms with Gasteiger partial charge in [-0.3, -0.25) is 4.79 Å². The summed E-state index contributed by atoms with van der Waals surface area (Å²) in [6.07, 6.45) is 0.387. The molecule has 3 rings (SSSR count). The number of methoxy groups -OCH3 is 4. The van der Waals surface area contributed by atoms with Gasteiger partial charge in [0.05, 0.1) is 34.2 Å². The maximum atomic E-state index is 12.5. The van der Waals surface area contributed by atoms with Crippen molar-refractivity contribution in [2.45, 2.75) is 18.9 Å². The molecule has 1 heterocycles. The van der Waals surface area contributed by atoms with Crippen molar-refractivity contribution in [1.82, 2.24) is 5.32 Å². The van der Waals surface area contributed by atoms with E-state index in [2.05, 4.69) is 10.5 Å². The summed E-state index contributed by atoms with van der Waals surface area (Å²) >= 11 is 0. The van der Waals surface area contributed by atoms with Crippen molar-refractivity contribution in [2.75, 3.05) is 35.0 Å². The van der Waals surface area contributed by atoms with Crippen LogP contribution >= 0.6 is 0 Å². The summed E-state index contributed by atoms with van der Waals surface area (Å²) in [4.78, 5) is 17.8. The highest BCUT2D eigenvalue weighted by Crippen LogP contribution is 2.30. The lowest BCUT2D eigenvalue weighted by Crippen LogP contribution is -2.36. The van der Waals surface area contributed by atoms with E-state index in [0.29, 0.717) is 48.1 Å². The molecular weight excluding hydrogens is 388 g/mol. The second kappa shape index (κ2) is 9.87. The van der Waals surface area contributed by atoms with E-state index in [9.17, 15) is 4.79 Å². The molecule has 0 unspecified atom stereocenters. The second-order valence-electron chi connectivity index (χ2n) is 6.64. The number of hydrogen-bond donors (Lipinski definition) is 1. The number of oxime groups is 1. The Bertz CT molecular complexity index is 928. The van der Waals surface area contributed by atoms with Crippen LogP contribution in [0.1, 0.15) is 17.5 Å². The lowest BCUT2D eigenvalue weighted by Gasteiger charge is -2.12. The molecule has 0 radical (unpaired) electrons. The van der Waals surface area contributed by atoms with Crippen molar-refractivity contribution < 1.29 is 28.6 Å². The molecule has 2 aromatic carbocycles. The van der Waals surface area contributed by atoms with Gasteiger partial charge in [0.1, 0.15) is 0 Å². The largest absolute Gasteiger partial charge is 0.493 e. The van der Waals surface area contributed by atoms with E-state index in [-0.39, 0.29) is 5.91 Å². The molecule has 1 aliphatic rings. The summed E-state index contributed by atoms with van der Waals surface area (Å²) in [6, 6.07) is 11.2. The predicted octanol–water partition coefficient (Wildman–Crippen LogP) is 2.57. The second-order valence-corrected chi connectivity index (χ2v) is 6.64. The zero-order valence-electron chi connectivity index (χ0n) is 17.6. The van der Waals surface area contributed by atoms with E-state index in [1.807, 2.05) is 30.3 Å². The number of nitrogens with zero attached hydrogens (tertiary/aromatic N) is 1. The van der Waals surface area contributed by atoms with Gasteiger partial charge in [0.25, 0.3) is 5.91 Å². The van der Waals surface area contributed by atoms with Crippen molar-refractivity contribution in [1.29, 1.82) is 0 Å². The Morgan fingerprint density at radius 2 is 1.60 bits per heavy atom. The summed E-state index contributed by atoms with van der Waals surface area (Å²) in [5.41, 5.74) is 2.55. The quantitative estimate of drug-likeness (QED) is 0.679. The van der Waals surface area contributed by atoms with E-state index in [0.717, 1.165) is 11.1 Å². The lowest BCUT2D eigenvalue weighted by molar-refractivity contribution is -0.131. The zero-order chi connectivity index (χ0) is 21.5. The van der Waals surface area contributed by atoms with Gasteiger partial charge in [-0.15, -0.1) is 0 Å². The Morgan fingerprint density at radius 3 is 2.27 bits per heavy atom. The Morgan fingerprint density at radius 1 is 0.967 bits per heavy atom. The number of amides is 1. The first-order valence-corrected chi connectivity index (χ1v) is 9.53. The average Bonchev–Trinajstić information content (AvgIpc) is 3.28. The zero-order valence-corrected chi connectivity index (χ0v) is 17.6. The maximum Gasteiger partial charge on any atom is 0.264 e. The first-order chi connectivity index (χ1) is 14.6. The molecule has 0 aliphatic carbocycles. The third-order valence-electron chi connectivity index (χ3n) is 4.84. The fourth-order valence-electron chi connectivity index (χ4n) is 3.18. The Labute approximate surface area is 175 Å². The molecule has 8 heteroatoms. The monoisotopic (exact) mass is 414 g/mol. The van der Waals surface area contributed by atoms with Crippen molar-refractivity contribution in [3.05, 3.63) is 47.5 Å². The van der Waals surface area contributed by atoms with Crippen LogP contribution in [0.3, 0.4) is 0 Å². The molecule has 8 nitrogen and oxygen atoms in total. The van der Waals surface area contributed by atoms with Crippen molar-refractivity contribution >= 4 is 11.6 Å². The summed E-state index contributed by atoms with van der Waals surface area (Å²) in [6.45, 7) is 0.472. The topological polar surface area (TPSA) is 87.6 Å². The SMILES string of the molecule is COc1ccc(CCNC(=O)[C@H]2CC(c3ccc(OC)c(OC)c3)=NO2)cc1OC. The third kappa shape index (κ3) is 4.76. The normalized spacial score (nSPS) is 15.1. The number of rotatable bonds is 9. The number of carbonyl (C=O) groups is 1. The van der Waals surface area contributed by atoms with E-state index >= 15 is 0 Å². The van der Waals surface area contributed by atoms with Gasteiger partial charge >= 0.3 is 0 Å². The first-order valence-electron chi connectivity index (χ1n) is 9.53. The van der Waals surface area contributed by atoms with Gasteiger partial charge in [-0.05, 0) is 42.3 Å². The Balaban J connectivity index is 1.52. The molecule has 0 saturated carbocycles. The van der Waals surface area contributed by atoms with Gasteiger partial charge in [0.15, 0.2) is 23.0 Å². The van der Waals surface area contributed by atoms with Crippen LogP contribution in [-0.4, -0.2) is 52.7 Å². The number of hydrogen-bond acceptors (Lipinski definition) is 7. The third-order valence-corrected chi connectivity index (χ3v) is 4.84. The molecule has 0 bridgehead atoms. The molecular formula is C22H26N2O6. The Hall–Kier alpha value is -3.42. The molecule has 2 aromatic rings. The van der Waals surface area contributed by atoms with Crippen LogP contribution in [0.4, 0.5) is 0 Å². The minimum atomic E-state index is -0.654. The molecule has 1 aliphatic heterocycles. The number of ether oxygens (including phenoxy) is 4. The lowest BCUT2D eigenvalue weighted by atomic mass is 10.0. The first kappa shape index (κ1) is 21.3. The molecule has 30 heavy (non-hydrogen) atoms. The molecule has 160 valence electrons. The van der Waals surface area contributed by atoms with Crippen LogP contribution in [0.5, 0.6) is 23.0 Å². The molecule has 1 atom stereocenters. The van der Waals surface area contributed by atoms with E-state index in [4.69, 9.17) is 23.8 Å². The van der Waals surface area contributed by atoms with Crippen molar-refractivity contribution in [2.24, 2.45) is 5.16 Å². The van der Waals surface area contributed by atoms with Crippen LogP contribution in [-0.2, 0) is 16.1 Å². The van der Waals surface area contributed by atoms with Crippen molar-refractivity contribution in [3.63, 3.8) is 0 Å². The van der Waals surface area contributed by atoms with Gasteiger partial charge in [-0.25, -0.2) is 0 Å². The molecule has 1 N–H and O–H groups in total. The number of benzene rings is 2. The maximum absolute atomic E-state index is 12.5. The smallest absolute Gasteiger partial charge is 0.264 e. The highest BCUT2D eigenvalue weighted by atomic mass is 16.6. The molecule has 1 amide bonds. The number of carbonyl (C=O) groups excluding carboxylic acids is 1. The van der Waals surface area contributed by atoms with Crippen LogP contribution in [0.2, 0.25) is 0 Å². The fourth-order valence-corrected chi connectivity index (χ4v) is 3.18. The van der Waals surface area contributed by atoms with Gasteiger partial charge in [0.2, 0.25) is 6.10 Å². The van der Waals surface area contributed by atoms with E-state index < -0.39 is 6.10 Å². The van der Waals surface area contributed by atoms with Crippen molar-refractivity contribution in [3.8, 4) is 23.0 Å². The summed E-state index contributed by atoms with van der Waals surface area (Å²) in [7, 11) is 6.34. The molecule has 0 saturated heterocycles.